The number of carbonyl (C=O) groups is 2. The molecule has 0 aliphatic carbocycles. The molecular formula is C21H28N2O6S. The average molecular weight is 437 g/mol. The van der Waals surface area contributed by atoms with Crippen LogP contribution in [0, 0.1) is 0 Å². The van der Waals surface area contributed by atoms with E-state index in [2.05, 4.69) is 10.3 Å². The van der Waals surface area contributed by atoms with Crippen LogP contribution in [0.3, 0.4) is 0 Å². The van der Waals surface area contributed by atoms with E-state index in [1.165, 1.54) is 11.8 Å². The number of nitrogens with zero attached hydrogens (tertiary/aromatic N) is 1. The Kier molecular flexibility index (Phi) is 9.04. The van der Waals surface area contributed by atoms with Crippen molar-refractivity contribution >= 4 is 24.1 Å². The standard InChI is InChI=1S/C21H28N2O6S/c1-6-10-15-18(29-21(25)27-8-3)16(14-11-9-12-22-19(14)30-5)17(13(4)23-15)28-20(24)26-7-2/h9,11-12,16,23H,6-8,10H2,1-5H3. The Hall–Kier alpha value is -2.68. The third-order valence-electron chi connectivity index (χ3n) is 4.25. The van der Waals surface area contributed by atoms with Crippen LogP contribution in [0.5, 0.6) is 0 Å². The normalized spacial score (nSPS) is 16.1. The Bertz CT molecular complexity index is 837. The van der Waals surface area contributed by atoms with Gasteiger partial charge < -0.3 is 24.3 Å². The van der Waals surface area contributed by atoms with E-state index in [9.17, 15) is 9.59 Å². The minimum absolute atomic E-state index is 0.176. The van der Waals surface area contributed by atoms with Crippen molar-refractivity contribution in [3.8, 4) is 0 Å². The summed E-state index contributed by atoms with van der Waals surface area (Å²) in [5.74, 6) is -0.0582. The third kappa shape index (κ3) is 5.69. The molecular weight excluding hydrogens is 408 g/mol. The zero-order valence-electron chi connectivity index (χ0n) is 17.9. The van der Waals surface area contributed by atoms with Crippen LogP contribution in [0.15, 0.2) is 46.3 Å². The molecule has 1 aromatic rings. The lowest BCUT2D eigenvalue weighted by Crippen LogP contribution is -2.30. The van der Waals surface area contributed by atoms with Gasteiger partial charge in [-0.05, 0) is 39.5 Å². The Morgan fingerprint density at radius 1 is 1.10 bits per heavy atom. The van der Waals surface area contributed by atoms with E-state index in [0.717, 1.165) is 22.7 Å². The van der Waals surface area contributed by atoms with E-state index in [-0.39, 0.29) is 19.0 Å². The molecule has 0 aromatic carbocycles. The lowest BCUT2D eigenvalue weighted by molar-refractivity contribution is 0.0644. The smallest absolute Gasteiger partial charge is 0.434 e. The molecule has 164 valence electrons. The highest BCUT2D eigenvalue weighted by Crippen LogP contribution is 2.42. The van der Waals surface area contributed by atoms with E-state index in [1.54, 1.807) is 33.0 Å². The average Bonchev–Trinajstić information content (AvgIpc) is 2.72. The second-order valence-electron chi connectivity index (χ2n) is 6.31. The molecule has 0 saturated heterocycles. The van der Waals surface area contributed by atoms with Crippen molar-refractivity contribution in [1.29, 1.82) is 0 Å². The molecule has 2 heterocycles. The molecule has 1 aromatic heterocycles. The molecule has 1 unspecified atom stereocenters. The van der Waals surface area contributed by atoms with E-state index >= 15 is 0 Å². The summed E-state index contributed by atoms with van der Waals surface area (Å²) in [5.41, 5.74) is 2.10. The molecule has 30 heavy (non-hydrogen) atoms. The van der Waals surface area contributed by atoms with Crippen molar-refractivity contribution in [2.24, 2.45) is 0 Å². The number of ether oxygens (including phenoxy) is 4. The van der Waals surface area contributed by atoms with Gasteiger partial charge in [0.1, 0.15) is 22.5 Å². The summed E-state index contributed by atoms with van der Waals surface area (Å²) in [6.07, 6.45) is 3.37. The van der Waals surface area contributed by atoms with E-state index in [0.29, 0.717) is 17.9 Å². The number of aromatic nitrogens is 1. The van der Waals surface area contributed by atoms with Gasteiger partial charge in [0.25, 0.3) is 0 Å². The van der Waals surface area contributed by atoms with Crippen LogP contribution in [0.2, 0.25) is 0 Å². The fourth-order valence-corrected chi connectivity index (χ4v) is 3.69. The minimum Gasteiger partial charge on any atom is -0.434 e. The first-order valence-corrected chi connectivity index (χ1v) is 11.1. The number of nitrogens with one attached hydrogen (secondary N) is 1. The predicted molar refractivity (Wildman–Crippen MR) is 113 cm³/mol. The summed E-state index contributed by atoms with van der Waals surface area (Å²) in [6.45, 7) is 7.57. The summed E-state index contributed by atoms with van der Waals surface area (Å²) in [6, 6.07) is 3.66. The van der Waals surface area contributed by atoms with Crippen molar-refractivity contribution in [3.63, 3.8) is 0 Å². The number of pyridine rings is 1. The van der Waals surface area contributed by atoms with Crippen molar-refractivity contribution in [2.75, 3.05) is 19.5 Å². The largest absolute Gasteiger partial charge is 0.513 e. The summed E-state index contributed by atoms with van der Waals surface area (Å²) in [7, 11) is 0. The number of allylic oxidation sites excluding steroid dienone is 2. The molecule has 2 rings (SSSR count). The Balaban J connectivity index is 2.63. The van der Waals surface area contributed by atoms with Gasteiger partial charge in [0.2, 0.25) is 0 Å². The highest BCUT2D eigenvalue weighted by molar-refractivity contribution is 7.98. The summed E-state index contributed by atoms with van der Waals surface area (Å²) >= 11 is 1.45. The molecule has 1 atom stereocenters. The quantitative estimate of drug-likeness (QED) is 0.442. The lowest BCUT2D eigenvalue weighted by Gasteiger charge is -2.31. The highest BCUT2D eigenvalue weighted by atomic mass is 32.2. The van der Waals surface area contributed by atoms with Crippen LogP contribution in [0.25, 0.3) is 0 Å². The van der Waals surface area contributed by atoms with E-state index in [4.69, 9.17) is 18.9 Å². The van der Waals surface area contributed by atoms with Crippen molar-refractivity contribution in [2.45, 2.75) is 51.5 Å². The maximum Gasteiger partial charge on any atom is 0.513 e. The number of hydrogen-bond acceptors (Lipinski definition) is 9. The predicted octanol–water partition coefficient (Wildman–Crippen LogP) is 5.08. The molecule has 1 N–H and O–H groups in total. The Morgan fingerprint density at radius 3 is 2.30 bits per heavy atom. The van der Waals surface area contributed by atoms with Gasteiger partial charge in [-0.3, -0.25) is 0 Å². The zero-order valence-corrected chi connectivity index (χ0v) is 18.8. The number of thioether (sulfide) groups is 1. The fraction of sp³-hybridized carbons (Fsp3) is 0.476. The molecule has 0 amide bonds. The van der Waals surface area contributed by atoms with Crippen LogP contribution in [0.1, 0.15) is 52.0 Å². The molecule has 1 aliphatic heterocycles. The number of rotatable bonds is 8. The number of dihydropyridines is 1. The van der Waals surface area contributed by atoms with Gasteiger partial charge in [0.05, 0.1) is 24.6 Å². The lowest BCUT2D eigenvalue weighted by atomic mass is 9.90. The van der Waals surface area contributed by atoms with Gasteiger partial charge >= 0.3 is 12.3 Å². The van der Waals surface area contributed by atoms with Crippen LogP contribution in [-0.4, -0.2) is 36.8 Å². The molecule has 0 saturated carbocycles. The maximum absolute atomic E-state index is 12.2. The van der Waals surface area contributed by atoms with E-state index in [1.807, 2.05) is 19.2 Å². The topological polar surface area (TPSA) is 96.0 Å². The number of hydrogen-bond donors (Lipinski definition) is 1. The molecule has 1 aliphatic rings. The first kappa shape index (κ1) is 23.6. The monoisotopic (exact) mass is 436 g/mol. The number of carbonyl (C=O) groups excluding carboxylic acids is 2. The first-order valence-electron chi connectivity index (χ1n) is 9.85. The van der Waals surface area contributed by atoms with Gasteiger partial charge in [0.15, 0.2) is 0 Å². The first-order chi connectivity index (χ1) is 14.5. The molecule has 0 fully saturated rings. The van der Waals surface area contributed by atoms with Gasteiger partial charge in [-0.2, -0.15) is 0 Å². The summed E-state index contributed by atoms with van der Waals surface area (Å²) < 4.78 is 21.2. The van der Waals surface area contributed by atoms with Gasteiger partial charge in [-0.15, -0.1) is 11.8 Å². The van der Waals surface area contributed by atoms with Crippen molar-refractivity contribution in [1.82, 2.24) is 10.3 Å². The van der Waals surface area contributed by atoms with Crippen molar-refractivity contribution < 1.29 is 28.5 Å². The molecule has 0 spiro atoms. The second-order valence-corrected chi connectivity index (χ2v) is 7.11. The molecule has 0 bridgehead atoms. The van der Waals surface area contributed by atoms with Gasteiger partial charge in [-0.1, -0.05) is 19.4 Å². The molecule has 8 nitrogen and oxygen atoms in total. The molecule has 0 radical (unpaired) electrons. The Morgan fingerprint density at radius 2 is 1.73 bits per heavy atom. The van der Waals surface area contributed by atoms with Crippen LogP contribution >= 0.6 is 11.8 Å². The van der Waals surface area contributed by atoms with Gasteiger partial charge in [-0.25, -0.2) is 14.6 Å². The summed E-state index contributed by atoms with van der Waals surface area (Å²) in [5, 5.41) is 3.94. The highest BCUT2D eigenvalue weighted by Gasteiger charge is 2.37. The minimum atomic E-state index is -0.831. The SMILES string of the molecule is CCCC1=C(OC(=O)OCC)C(c2cccnc2SC)C(OC(=O)OCC)=C(C)N1. The van der Waals surface area contributed by atoms with Crippen LogP contribution in [0.4, 0.5) is 9.59 Å². The van der Waals surface area contributed by atoms with Gasteiger partial charge in [0, 0.05) is 11.8 Å². The maximum atomic E-state index is 12.2. The third-order valence-corrected chi connectivity index (χ3v) is 4.97. The Labute approximate surface area is 181 Å². The van der Waals surface area contributed by atoms with Crippen LogP contribution < -0.4 is 5.32 Å². The molecule has 9 heteroatoms. The van der Waals surface area contributed by atoms with Crippen LogP contribution in [-0.2, 0) is 18.9 Å². The second kappa shape index (κ2) is 11.5. The summed E-state index contributed by atoms with van der Waals surface area (Å²) in [4.78, 5) is 28.8. The van der Waals surface area contributed by atoms with E-state index < -0.39 is 18.2 Å². The zero-order chi connectivity index (χ0) is 22.1. The fourth-order valence-electron chi connectivity index (χ4n) is 3.10. The van der Waals surface area contributed by atoms with Crippen molar-refractivity contribution in [3.05, 3.63) is 46.8 Å².